The molecule has 0 aliphatic rings. The predicted octanol–water partition coefficient (Wildman–Crippen LogP) is 2.33. The van der Waals surface area contributed by atoms with Crippen LogP contribution in [0, 0.1) is 11.8 Å². The highest BCUT2D eigenvalue weighted by molar-refractivity contribution is 5.81. The molecular formula is C17H35N3O2. The first-order valence-electron chi connectivity index (χ1n) is 8.72. The van der Waals surface area contributed by atoms with Gasteiger partial charge in [0.1, 0.15) is 5.78 Å². The molecule has 5 heteroatoms. The number of unbranched alkanes of at least 4 members (excludes halogenated alkanes) is 1. The molecule has 0 saturated carbocycles. The average molecular weight is 313 g/mol. The van der Waals surface area contributed by atoms with Gasteiger partial charge in [0, 0.05) is 25.3 Å². The lowest BCUT2D eigenvalue weighted by Gasteiger charge is -2.23. The second-order valence-electron chi connectivity index (χ2n) is 6.24. The molecule has 2 unspecified atom stereocenters. The first kappa shape index (κ1) is 21.1. The lowest BCUT2D eigenvalue weighted by atomic mass is 9.82. The quantitative estimate of drug-likeness (QED) is 0.359. The first-order valence-corrected chi connectivity index (χ1v) is 8.72. The minimum Gasteiger partial charge on any atom is -0.356 e. The topological polar surface area (TPSA) is 98.2 Å². The van der Waals surface area contributed by atoms with Gasteiger partial charge in [-0.25, -0.2) is 0 Å². The van der Waals surface area contributed by atoms with Crippen molar-refractivity contribution in [3.63, 3.8) is 0 Å². The normalized spacial score (nSPS) is 13.9. The van der Waals surface area contributed by atoms with E-state index in [1.54, 1.807) is 0 Å². The van der Waals surface area contributed by atoms with Gasteiger partial charge in [0.15, 0.2) is 0 Å². The highest BCUT2D eigenvalue weighted by atomic mass is 16.1. The number of Topliss-reactive ketones (excluding diaryl/α,β-unsaturated/α-hetero) is 1. The van der Waals surface area contributed by atoms with Crippen molar-refractivity contribution in [3.8, 4) is 0 Å². The minimum atomic E-state index is -0.258. The largest absolute Gasteiger partial charge is 0.356 e. The van der Waals surface area contributed by atoms with Gasteiger partial charge in [-0.2, -0.15) is 0 Å². The Morgan fingerprint density at radius 1 is 1.05 bits per heavy atom. The zero-order valence-corrected chi connectivity index (χ0v) is 14.6. The van der Waals surface area contributed by atoms with E-state index >= 15 is 0 Å². The zero-order chi connectivity index (χ0) is 17.0. The summed E-state index contributed by atoms with van der Waals surface area (Å²) in [7, 11) is 0. The summed E-state index contributed by atoms with van der Waals surface area (Å²) in [4.78, 5) is 23.6. The van der Waals surface area contributed by atoms with E-state index in [4.69, 9.17) is 11.5 Å². The third-order valence-electron chi connectivity index (χ3n) is 4.14. The third kappa shape index (κ3) is 9.90. The highest BCUT2D eigenvalue weighted by Gasteiger charge is 2.23. The summed E-state index contributed by atoms with van der Waals surface area (Å²) in [6.07, 6.45) is 6.28. The Kier molecular flexibility index (Phi) is 12.1. The number of ketones is 1. The second-order valence-corrected chi connectivity index (χ2v) is 6.24. The summed E-state index contributed by atoms with van der Waals surface area (Å²) in [5, 5.41) is 2.89. The van der Waals surface area contributed by atoms with Crippen LogP contribution in [0.2, 0.25) is 0 Å². The Hall–Kier alpha value is -0.940. The number of rotatable bonds is 13. The lowest BCUT2D eigenvalue weighted by molar-refractivity contribution is -0.124. The second kappa shape index (κ2) is 12.6. The molecule has 22 heavy (non-hydrogen) atoms. The van der Waals surface area contributed by atoms with Gasteiger partial charge in [0.25, 0.3) is 0 Å². The highest BCUT2D eigenvalue weighted by Crippen LogP contribution is 2.24. The van der Waals surface area contributed by atoms with Crippen LogP contribution in [0.15, 0.2) is 0 Å². The Morgan fingerprint density at radius 2 is 1.68 bits per heavy atom. The Balaban J connectivity index is 4.31. The van der Waals surface area contributed by atoms with E-state index in [0.29, 0.717) is 31.1 Å². The molecule has 2 atom stereocenters. The summed E-state index contributed by atoms with van der Waals surface area (Å²) >= 11 is 0. The van der Waals surface area contributed by atoms with Gasteiger partial charge < -0.3 is 16.8 Å². The monoisotopic (exact) mass is 313 g/mol. The fourth-order valence-electron chi connectivity index (χ4n) is 2.70. The standard InChI is InChI=1S/C17H35N3O2/c1-4-8-15(21)14(9-6-7-10-16(18)19)13(3)11-12-20-17(22)5-2/h13-14,16H,4-12,18-19H2,1-3H3,(H,20,22). The van der Waals surface area contributed by atoms with E-state index in [1.807, 2.05) is 13.8 Å². The van der Waals surface area contributed by atoms with Crippen molar-refractivity contribution in [1.29, 1.82) is 0 Å². The molecule has 0 aliphatic heterocycles. The van der Waals surface area contributed by atoms with E-state index in [9.17, 15) is 9.59 Å². The van der Waals surface area contributed by atoms with E-state index in [1.165, 1.54) is 0 Å². The first-order chi connectivity index (χ1) is 10.4. The average Bonchev–Trinajstić information content (AvgIpc) is 2.46. The summed E-state index contributed by atoms with van der Waals surface area (Å²) in [6, 6.07) is 0. The number of nitrogens with one attached hydrogen (secondary N) is 1. The van der Waals surface area contributed by atoms with Crippen LogP contribution in [-0.4, -0.2) is 24.4 Å². The molecule has 0 aromatic carbocycles. The molecule has 0 bridgehead atoms. The fourth-order valence-corrected chi connectivity index (χ4v) is 2.70. The van der Waals surface area contributed by atoms with Crippen molar-refractivity contribution >= 4 is 11.7 Å². The molecule has 130 valence electrons. The van der Waals surface area contributed by atoms with E-state index in [-0.39, 0.29) is 18.0 Å². The predicted molar refractivity (Wildman–Crippen MR) is 91.1 cm³/mol. The molecule has 0 fully saturated rings. The smallest absolute Gasteiger partial charge is 0.219 e. The van der Waals surface area contributed by atoms with Crippen molar-refractivity contribution in [3.05, 3.63) is 0 Å². The number of hydrogen-bond donors (Lipinski definition) is 3. The minimum absolute atomic E-state index is 0.0700. The fraction of sp³-hybridized carbons (Fsp3) is 0.882. The molecule has 0 aromatic heterocycles. The number of carbonyl (C=O) groups is 2. The lowest BCUT2D eigenvalue weighted by Crippen LogP contribution is -2.30. The summed E-state index contributed by atoms with van der Waals surface area (Å²) in [5.74, 6) is 0.810. The van der Waals surface area contributed by atoms with E-state index < -0.39 is 0 Å². The maximum absolute atomic E-state index is 12.3. The van der Waals surface area contributed by atoms with Crippen LogP contribution >= 0.6 is 0 Å². The zero-order valence-electron chi connectivity index (χ0n) is 14.6. The Labute approximate surface area is 135 Å². The molecule has 0 heterocycles. The molecule has 0 spiro atoms. The number of hydrogen-bond acceptors (Lipinski definition) is 4. The van der Waals surface area contributed by atoms with Gasteiger partial charge in [-0.15, -0.1) is 0 Å². The maximum Gasteiger partial charge on any atom is 0.219 e. The molecule has 5 N–H and O–H groups in total. The van der Waals surface area contributed by atoms with Crippen molar-refractivity contribution in [1.82, 2.24) is 5.32 Å². The molecular weight excluding hydrogens is 278 g/mol. The molecule has 1 amide bonds. The SMILES string of the molecule is CCCC(=O)C(CCCCC(N)N)C(C)CCNC(=O)CC. The molecule has 0 radical (unpaired) electrons. The Morgan fingerprint density at radius 3 is 2.23 bits per heavy atom. The maximum atomic E-state index is 12.3. The van der Waals surface area contributed by atoms with Gasteiger partial charge in [0.05, 0.1) is 6.17 Å². The van der Waals surface area contributed by atoms with Crippen molar-refractivity contribution in [2.75, 3.05) is 6.54 Å². The van der Waals surface area contributed by atoms with E-state index in [0.717, 1.165) is 38.5 Å². The van der Waals surface area contributed by atoms with Crippen molar-refractivity contribution in [2.45, 2.75) is 78.3 Å². The van der Waals surface area contributed by atoms with Crippen LogP contribution in [0.5, 0.6) is 0 Å². The molecule has 5 nitrogen and oxygen atoms in total. The van der Waals surface area contributed by atoms with Crippen LogP contribution in [0.3, 0.4) is 0 Å². The van der Waals surface area contributed by atoms with Crippen molar-refractivity contribution < 1.29 is 9.59 Å². The Bertz CT molecular complexity index is 319. The van der Waals surface area contributed by atoms with Gasteiger partial charge in [-0.05, 0) is 31.6 Å². The van der Waals surface area contributed by atoms with Gasteiger partial charge in [-0.3, -0.25) is 9.59 Å². The molecule has 0 aliphatic carbocycles. The van der Waals surface area contributed by atoms with Crippen LogP contribution in [-0.2, 0) is 9.59 Å². The van der Waals surface area contributed by atoms with Crippen LogP contribution in [0.4, 0.5) is 0 Å². The molecule has 0 aromatic rings. The summed E-state index contributed by atoms with van der Waals surface area (Å²) in [5.41, 5.74) is 11.1. The van der Waals surface area contributed by atoms with Gasteiger partial charge >= 0.3 is 0 Å². The molecule has 0 saturated heterocycles. The van der Waals surface area contributed by atoms with Crippen LogP contribution < -0.4 is 16.8 Å². The summed E-state index contributed by atoms with van der Waals surface area (Å²) < 4.78 is 0. The summed E-state index contributed by atoms with van der Waals surface area (Å²) in [6.45, 7) is 6.64. The van der Waals surface area contributed by atoms with E-state index in [2.05, 4.69) is 12.2 Å². The van der Waals surface area contributed by atoms with Crippen LogP contribution in [0.1, 0.15) is 72.1 Å². The van der Waals surface area contributed by atoms with Crippen molar-refractivity contribution in [2.24, 2.45) is 23.3 Å². The number of carbonyl (C=O) groups excluding carboxylic acids is 2. The van der Waals surface area contributed by atoms with Crippen LogP contribution in [0.25, 0.3) is 0 Å². The third-order valence-corrected chi connectivity index (χ3v) is 4.14. The molecule has 0 rings (SSSR count). The van der Waals surface area contributed by atoms with Gasteiger partial charge in [0.2, 0.25) is 5.91 Å². The number of nitrogens with two attached hydrogens (primary N) is 2. The van der Waals surface area contributed by atoms with Gasteiger partial charge in [-0.1, -0.05) is 33.6 Å². The number of amides is 1.